The monoisotopic (exact) mass is 295 g/mol. The Morgan fingerprint density at radius 2 is 1.86 bits per heavy atom. The molecule has 1 unspecified atom stereocenters. The van der Waals surface area contributed by atoms with Crippen molar-refractivity contribution in [2.24, 2.45) is 0 Å². The fraction of sp³-hybridized carbons (Fsp3) is 0.263. The smallest absolute Gasteiger partial charge is 0.0371 e. The predicted molar refractivity (Wildman–Crippen MR) is 93.1 cm³/mol. The van der Waals surface area contributed by atoms with Crippen LogP contribution in [0.1, 0.15) is 29.7 Å². The first-order valence-corrected chi connectivity index (χ1v) is 8.46. The van der Waals surface area contributed by atoms with E-state index in [1.54, 1.807) is 11.3 Å². The van der Waals surface area contributed by atoms with Crippen molar-refractivity contribution in [3.63, 3.8) is 0 Å². The molecule has 1 atom stereocenters. The van der Waals surface area contributed by atoms with Crippen LogP contribution in [0.3, 0.4) is 0 Å². The lowest BCUT2D eigenvalue weighted by Gasteiger charge is -2.18. The van der Waals surface area contributed by atoms with Gasteiger partial charge in [0.15, 0.2) is 0 Å². The minimum Gasteiger partial charge on any atom is -0.310 e. The Morgan fingerprint density at radius 1 is 1.05 bits per heavy atom. The summed E-state index contributed by atoms with van der Waals surface area (Å²) in [7, 11) is 0. The van der Waals surface area contributed by atoms with Crippen LogP contribution in [0.15, 0.2) is 53.2 Å². The second kappa shape index (κ2) is 6.42. The second-order valence-electron chi connectivity index (χ2n) is 5.51. The molecule has 0 bridgehead atoms. The summed E-state index contributed by atoms with van der Waals surface area (Å²) in [6.45, 7) is 5.37. The van der Waals surface area contributed by atoms with Crippen molar-refractivity contribution in [2.75, 3.05) is 6.54 Å². The summed E-state index contributed by atoms with van der Waals surface area (Å²) >= 11 is 1.79. The van der Waals surface area contributed by atoms with Crippen molar-refractivity contribution in [1.29, 1.82) is 0 Å². The standard InChI is InChI=1S/C19H21NS/c1-3-20-19(18-13-21-12-14(18)2)11-15-8-9-16-6-4-5-7-17(16)10-15/h4-10,12-13,19-20H,3,11H2,1-2H3. The SMILES string of the molecule is CCNC(Cc1ccc2ccccc2c1)c1cscc1C. The predicted octanol–water partition coefficient (Wildman–Crippen LogP) is 5.10. The molecule has 2 aromatic carbocycles. The average molecular weight is 295 g/mol. The maximum absolute atomic E-state index is 3.63. The third-order valence-corrected chi connectivity index (χ3v) is 4.85. The first-order valence-electron chi connectivity index (χ1n) is 7.51. The van der Waals surface area contributed by atoms with Crippen LogP contribution in [0, 0.1) is 6.92 Å². The molecular weight excluding hydrogens is 274 g/mol. The molecule has 21 heavy (non-hydrogen) atoms. The van der Waals surface area contributed by atoms with Gasteiger partial charge in [0.05, 0.1) is 0 Å². The summed E-state index contributed by atoms with van der Waals surface area (Å²) in [5.41, 5.74) is 4.23. The minimum absolute atomic E-state index is 0.405. The van der Waals surface area contributed by atoms with E-state index in [-0.39, 0.29) is 0 Å². The van der Waals surface area contributed by atoms with Crippen molar-refractivity contribution in [3.8, 4) is 0 Å². The van der Waals surface area contributed by atoms with E-state index in [9.17, 15) is 0 Å². The summed E-state index contributed by atoms with van der Waals surface area (Å²) in [6.07, 6.45) is 1.04. The molecule has 3 aromatic rings. The van der Waals surface area contributed by atoms with Gasteiger partial charge >= 0.3 is 0 Å². The summed E-state index contributed by atoms with van der Waals surface area (Å²) in [6, 6.07) is 15.8. The topological polar surface area (TPSA) is 12.0 Å². The quantitative estimate of drug-likeness (QED) is 0.690. The van der Waals surface area contributed by atoms with Gasteiger partial charge in [-0.3, -0.25) is 0 Å². The third-order valence-electron chi connectivity index (χ3n) is 3.97. The van der Waals surface area contributed by atoms with E-state index in [0.29, 0.717) is 6.04 Å². The van der Waals surface area contributed by atoms with Gasteiger partial charge in [0, 0.05) is 6.04 Å². The van der Waals surface area contributed by atoms with Gasteiger partial charge in [-0.15, -0.1) is 0 Å². The van der Waals surface area contributed by atoms with Crippen LogP contribution < -0.4 is 5.32 Å². The highest BCUT2D eigenvalue weighted by Crippen LogP contribution is 2.26. The summed E-state index contributed by atoms with van der Waals surface area (Å²) in [4.78, 5) is 0. The van der Waals surface area contributed by atoms with Crippen LogP contribution in [0.25, 0.3) is 10.8 Å². The Kier molecular flexibility index (Phi) is 4.37. The number of aryl methyl sites for hydroxylation is 1. The molecule has 1 heterocycles. The molecule has 0 radical (unpaired) electrons. The molecule has 0 saturated carbocycles. The van der Waals surface area contributed by atoms with E-state index in [0.717, 1.165) is 13.0 Å². The lowest BCUT2D eigenvalue weighted by atomic mass is 9.97. The highest BCUT2D eigenvalue weighted by molar-refractivity contribution is 7.08. The zero-order valence-corrected chi connectivity index (χ0v) is 13.4. The van der Waals surface area contributed by atoms with E-state index in [1.807, 2.05) is 0 Å². The van der Waals surface area contributed by atoms with Crippen molar-refractivity contribution < 1.29 is 0 Å². The molecule has 108 valence electrons. The van der Waals surface area contributed by atoms with Gasteiger partial charge in [-0.2, -0.15) is 11.3 Å². The van der Waals surface area contributed by atoms with Gasteiger partial charge in [0.2, 0.25) is 0 Å². The zero-order chi connectivity index (χ0) is 14.7. The average Bonchev–Trinajstić information content (AvgIpc) is 2.93. The molecular formula is C19H21NS. The Bertz CT molecular complexity index is 729. The van der Waals surface area contributed by atoms with Crippen molar-refractivity contribution in [2.45, 2.75) is 26.3 Å². The van der Waals surface area contributed by atoms with Crippen LogP contribution in [0.5, 0.6) is 0 Å². The molecule has 1 aromatic heterocycles. The van der Waals surface area contributed by atoms with Gasteiger partial charge in [0.25, 0.3) is 0 Å². The minimum atomic E-state index is 0.405. The lowest BCUT2D eigenvalue weighted by molar-refractivity contribution is 0.549. The van der Waals surface area contributed by atoms with Crippen molar-refractivity contribution in [1.82, 2.24) is 5.32 Å². The van der Waals surface area contributed by atoms with Crippen LogP contribution in [-0.4, -0.2) is 6.54 Å². The van der Waals surface area contributed by atoms with Crippen LogP contribution in [-0.2, 0) is 6.42 Å². The third kappa shape index (κ3) is 3.17. The molecule has 0 spiro atoms. The van der Waals surface area contributed by atoms with Crippen LogP contribution in [0.4, 0.5) is 0 Å². The molecule has 0 fully saturated rings. The number of hydrogen-bond acceptors (Lipinski definition) is 2. The molecule has 2 heteroatoms. The summed E-state index contributed by atoms with van der Waals surface area (Å²) in [5.74, 6) is 0. The van der Waals surface area contributed by atoms with E-state index >= 15 is 0 Å². The van der Waals surface area contributed by atoms with Crippen molar-refractivity contribution in [3.05, 3.63) is 69.9 Å². The van der Waals surface area contributed by atoms with Crippen LogP contribution in [0.2, 0.25) is 0 Å². The lowest BCUT2D eigenvalue weighted by Crippen LogP contribution is -2.23. The number of thiophene rings is 1. The Morgan fingerprint density at radius 3 is 2.57 bits per heavy atom. The molecule has 0 amide bonds. The Balaban J connectivity index is 1.89. The number of likely N-dealkylation sites (N-methyl/N-ethyl adjacent to an activating group) is 1. The number of fused-ring (bicyclic) bond motifs is 1. The van der Waals surface area contributed by atoms with E-state index in [1.165, 1.54) is 27.5 Å². The first-order chi connectivity index (χ1) is 10.3. The van der Waals surface area contributed by atoms with Gasteiger partial charge < -0.3 is 5.32 Å². The normalized spacial score (nSPS) is 12.7. The maximum Gasteiger partial charge on any atom is 0.0371 e. The number of nitrogens with one attached hydrogen (secondary N) is 1. The summed E-state index contributed by atoms with van der Waals surface area (Å²) < 4.78 is 0. The molecule has 3 rings (SSSR count). The molecule has 0 aliphatic rings. The maximum atomic E-state index is 3.63. The molecule has 1 N–H and O–H groups in total. The zero-order valence-electron chi connectivity index (χ0n) is 12.6. The molecule has 1 nitrogen and oxygen atoms in total. The Labute approximate surface area is 130 Å². The van der Waals surface area contributed by atoms with Gasteiger partial charge in [-0.1, -0.05) is 49.4 Å². The highest BCUT2D eigenvalue weighted by Gasteiger charge is 2.14. The fourth-order valence-corrected chi connectivity index (χ4v) is 3.77. The number of hydrogen-bond donors (Lipinski definition) is 1. The molecule has 0 aliphatic heterocycles. The van der Waals surface area contributed by atoms with Gasteiger partial charge in [0.1, 0.15) is 0 Å². The largest absolute Gasteiger partial charge is 0.310 e. The van der Waals surface area contributed by atoms with E-state index in [4.69, 9.17) is 0 Å². The van der Waals surface area contributed by atoms with Gasteiger partial charge in [-0.25, -0.2) is 0 Å². The molecule has 0 saturated heterocycles. The van der Waals surface area contributed by atoms with E-state index in [2.05, 4.69) is 72.4 Å². The highest BCUT2D eigenvalue weighted by atomic mass is 32.1. The fourth-order valence-electron chi connectivity index (χ4n) is 2.87. The second-order valence-corrected chi connectivity index (χ2v) is 6.25. The van der Waals surface area contributed by atoms with Gasteiger partial charge in [-0.05, 0) is 58.1 Å². The number of rotatable bonds is 5. The Hall–Kier alpha value is -1.64. The summed E-state index contributed by atoms with van der Waals surface area (Å²) in [5, 5.41) is 10.8. The van der Waals surface area contributed by atoms with Crippen molar-refractivity contribution >= 4 is 22.1 Å². The van der Waals surface area contributed by atoms with Crippen LogP contribution >= 0.6 is 11.3 Å². The first kappa shape index (κ1) is 14.3. The molecule has 0 aliphatic carbocycles. The number of benzene rings is 2. The van der Waals surface area contributed by atoms with E-state index < -0.39 is 0 Å².